The molecule has 1 atom stereocenters. The number of aromatic nitrogens is 2. The van der Waals surface area contributed by atoms with Crippen molar-refractivity contribution in [1.82, 2.24) is 19.2 Å². The van der Waals surface area contributed by atoms with E-state index in [1.165, 1.54) is 12.1 Å². The lowest BCUT2D eigenvalue weighted by Gasteiger charge is -2.36. The molecule has 2 aromatic carbocycles. The Morgan fingerprint density at radius 3 is 2.56 bits per heavy atom. The second-order valence-electron chi connectivity index (χ2n) is 11.7. The molecule has 6 rings (SSSR count). The fourth-order valence-corrected chi connectivity index (χ4v) is 8.36. The first-order valence-electron chi connectivity index (χ1n) is 15.5. The number of halogens is 1. The third-order valence-electron chi connectivity index (χ3n) is 8.85. The molecular formula is C34H40FN5O2S. The van der Waals surface area contributed by atoms with Gasteiger partial charge in [-0.2, -0.15) is 4.31 Å². The van der Waals surface area contributed by atoms with Crippen LogP contribution in [0.25, 0.3) is 21.9 Å². The molecule has 4 aromatic rings. The average molecular weight is 602 g/mol. The Bertz CT molecular complexity index is 1650. The van der Waals surface area contributed by atoms with Gasteiger partial charge in [0.2, 0.25) is 10.0 Å². The van der Waals surface area contributed by atoms with E-state index in [9.17, 15) is 12.8 Å². The van der Waals surface area contributed by atoms with E-state index >= 15 is 0 Å². The maximum absolute atomic E-state index is 13.8. The van der Waals surface area contributed by atoms with Gasteiger partial charge in [0.05, 0.1) is 4.90 Å². The normalized spacial score (nSPS) is 18.5. The molecule has 226 valence electrons. The molecule has 9 heteroatoms. The lowest BCUT2D eigenvalue weighted by Crippen LogP contribution is -2.48. The highest BCUT2D eigenvalue weighted by molar-refractivity contribution is 7.89. The Kier molecular flexibility index (Phi) is 9.02. The van der Waals surface area contributed by atoms with Crippen LogP contribution in [0.4, 0.5) is 10.2 Å². The Morgan fingerprint density at radius 2 is 1.77 bits per heavy atom. The van der Waals surface area contributed by atoms with Crippen molar-refractivity contribution >= 4 is 26.6 Å². The first-order valence-corrected chi connectivity index (χ1v) is 16.9. The maximum atomic E-state index is 13.8. The van der Waals surface area contributed by atoms with Crippen molar-refractivity contribution in [3.63, 3.8) is 0 Å². The number of nitrogens with zero attached hydrogens (tertiary/aromatic N) is 5. The van der Waals surface area contributed by atoms with Gasteiger partial charge in [-0.05, 0) is 86.2 Å². The van der Waals surface area contributed by atoms with Crippen molar-refractivity contribution in [1.29, 1.82) is 0 Å². The van der Waals surface area contributed by atoms with E-state index in [4.69, 9.17) is 4.98 Å². The van der Waals surface area contributed by atoms with Crippen LogP contribution in [0.15, 0.2) is 78.0 Å². The number of fused-ring (bicyclic) bond motifs is 1. The van der Waals surface area contributed by atoms with Crippen LogP contribution in [0.3, 0.4) is 0 Å². The monoisotopic (exact) mass is 601 g/mol. The predicted octanol–water partition coefficient (Wildman–Crippen LogP) is 6.14. The Balaban J connectivity index is 1.10. The number of hydrogen-bond donors (Lipinski definition) is 0. The summed E-state index contributed by atoms with van der Waals surface area (Å²) in [5.74, 6) is 0.746. The molecule has 0 N–H and O–H groups in total. The molecule has 7 nitrogen and oxygen atoms in total. The Labute approximate surface area is 254 Å². The predicted molar refractivity (Wildman–Crippen MR) is 170 cm³/mol. The number of pyridine rings is 2. The zero-order chi connectivity index (χ0) is 29.8. The molecule has 0 aliphatic carbocycles. The first kappa shape index (κ1) is 29.7. The second kappa shape index (κ2) is 13.1. The summed E-state index contributed by atoms with van der Waals surface area (Å²) in [4.78, 5) is 14.3. The van der Waals surface area contributed by atoms with Gasteiger partial charge in [-0.1, -0.05) is 37.6 Å². The third kappa shape index (κ3) is 6.59. The van der Waals surface area contributed by atoms with Gasteiger partial charge in [0.1, 0.15) is 11.6 Å². The van der Waals surface area contributed by atoms with Gasteiger partial charge >= 0.3 is 0 Å². The molecular weight excluding hydrogens is 561 g/mol. The van der Waals surface area contributed by atoms with Crippen molar-refractivity contribution in [3.8, 4) is 11.1 Å². The van der Waals surface area contributed by atoms with Crippen LogP contribution in [0, 0.1) is 5.82 Å². The van der Waals surface area contributed by atoms with E-state index in [-0.39, 0.29) is 11.9 Å². The van der Waals surface area contributed by atoms with Crippen LogP contribution in [0.1, 0.15) is 44.7 Å². The van der Waals surface area contributed by atoms with Crippen LogP contribution in [0.2, 0.25) is 0 Å². The number of piperazine rings is 1. The highest BCUT2D eigenvalue weighted by Crippen LogP contribution is 2.32. The molecule has 43 heavy (non-hydrogen) atoms. The molecule has 0 radical (unpaired) electrons. The van der Waals surface area contributed by atoms with E-state index in [1.807, 2.05) is 18.2 Å². The van der Waals surface area contributed by atoms with Crippen LogP contribution >= 0.6 is 0 Å². The number of sulfonamides is 1. The van der Waals surface area contributed by atoms with Crippen LogP contribution < -0.4 is 4.90 Å². The number of rotatable bonds is 10. The molecule has 0 amide bonds. The minimum Gasteiger partial charge on any atom is -0.354 e. The van der Waals surface area contributed by atoms with Crippen molar-refractivity contribution in [2.45, 2.75) is 56.4 Å². The minimum atomic E-state index is -3.60. The molecule has 0 saturated carbocycles. The number of unbranched alkanes of at least 4 members (excludes halogenated alkanes) is 1. The number of hydrogen-bond acceptors (Lipinski definition) is 6. The standard InChI is InChI=1S/C34H40FN5O2S/c1-2-3-7-30-23-28(26-10-12-29(35)13-11-26)24-34(37-30)39-21-19-38(20-22-39)18-15-31-8-5-17-40(31)43(41,42)33-9-4-6-27-25-36-16-14-32(27)33/h4,6,9-14,16,23-25,31H,2-3,5,7-8,15,17-22H2,1H3/t31-/m0/s1. The SMILES string of the molecule is CCCCc1cc(-c2ccc(F)cc2)cc(N2CCN(CC[C@@H]3CCCN3S(=O)(=O)c3cccc4cnccc34)CC2)n1. The summed E-state index contributed by atoms with van der Waals surface area (Å²) in [5, 5.41) is 1.57. The minimum absolute atomic E-state index is 0.00954. The summed E-state index contributed by atoms with van der Waals surface area (Å²) >= 11 is 0. The zero-order valence-corrected chi connectivity index (χ0v) is 25.6. The van der Waals surface area contributed by atoms with E-state index in [2.05, 4.69) is 33.8 Å². The van der Waals surface area contributed by atoms with Crippen molar-refractivity contribution in [3.05, 3.63) is 84.6 Å². The lowest BCUT2D eigenvalue weighted by molar-refractivity contribution is 0.231. The number of aryl methyl sites for hydroxylation is 1. The fraction of sp³-hybridized carbons (Fsp3) is 0.412. The van der Waals surface area contributed by atoms with Gasteiger partial charge in [-0.25, -0.2) is 17.8 Å². The topological polar surface area (TPSA) is 69.6 Å². The number of benzene rings is 2. The fourth-order valence-electron chi connectivity index (χ4n) is 6.42. The van der Waals surface area contributed by atoms with Gasteiger partial charge in [0.15, 0.2) is 0 Å². The molecule has 2 saturated heterocycles. The zero-order valence-electron chi connectivity index (χ0n) is 24.8. The smallest absolute Gasteiger partial charge is 0.243 e. The van der Waals surface area contributed by atoms with Crippen molar-refractivity contribution in [2.75, 3.05) is 44.2 Å². The van der Waals surface area contributed by atoms with E-state index in [0.717, 1.165) is 105 Å². The van der Waals surface area contributed by atoms with Crippen molar-refractivity contribution < 1.29 is 12.8 Å². The maximum Gasteiger partial charge on any atom is 0.243 e. The molecule has 0 bridgehead atoms. The summed E-state index contributed by atoms with van der Waals surface area (Å²) < 4.78 is 42.9. The van der Waals surface area contributed by atoms with Gasteiger partial charge in [0.25, 0.3) is 0 Å². The Morgan fingerprint density at radius 1 is 0.953 bits per heavy atom. The summed E-state index contributed by atoms with van der Waals surface area (Å²) in [6, 6.07) is 18.2. The van der Waals surface area contributed by atoms with Gasteiger partial charge in [0, 0.05) is 67.6 Å². The second-order valence-corrected chi connectivity index (χ2v) is 13.6. The average Bonchev–Trinajstić information content (AvgIpc) is 3.53. The van der Waals surface area contributed by atoms with Crippen LogP contribution in [-0.2, 0) is 16.4 Å². The molecule has 4 heterocycles. The Hall–Kier alpha value is -3.40. The summed E-state index contributed by atoms with van der Waals surface area (Å²) in [6.07, 6.45) is 9.10. The van der Waals surface area contributed by atoms with Crippen LogP contribution in [0.5, 0.6) is 0 Å². The van der Waals surface area contributed by atoms with E-state index in [0.29, 0.717) is 11.4 Å². The quantitative estimate of drug-likeness (QED) is 0.217. The lowest BCUT2D eigenvalue weighted by atomic mass is 10.0. The molecule has 0 spiro atoms. The van der Waals surface area contributed by atoms with E-state index < -0.39 is 10.0 Å². The van der Waals surface area contributed by atoms with Crippen LogP contribution in [-0.4, -0.2) is 72.9 Å². The summed E-state index contributed by atoms with van der Waals surface area (Å²) in [6.45, 7) is 7.16. The van der Waals surface area contributed by atoms with Crippen molar-refractivity contribution in [2.24, 2.45) is 0 Å². The highest BCUT2D eigenvalue weighted by atomic mass is 32.2. The molecule has 2 aliphatic heterocycles. The third-order valence-corrected chi connectivity index (χ3v) is 10.9. The summed E-state index contributed by atoms with van der Waals surface area (Å²) in [7, 11) is -3.60. The summed E-state index contributed by atoms with van der Waals surface area (Å²) in [5.41, 5.74) is 3.15. The highest BCUT2D eigenvalue weighted by Gasteiger charge is 2.36. The molecule has 2 aliphatic rings. The molecule has 0 unspecified atom stereocenters. The largest absolute Gasteiger partial charge is 0.354 e. The van der Waals surface area contributed by atoms with E-state index in [1.54, 1.807) is 34.9 Å². The van der Waals surface area contributed by atoms with Gasteiger partial charge in [-0.3, -0.25) is 9.88 Å². The molecule has 2 fully saturated rings. The van der Waals surface area contributed by atoms with Gasteiger partial charge in [-0.15, -0.1) is 0 Å². The first-order chi connectivity index (χ1) is 20.9. The molecule has 2 aromatic heterocycles. The number of anilines is 1. The van der Waals surface area contributed by atoms with Gasteiger partial charge < -0.3 is 4.90 Å².